The van der Waals surface area contributed by atoms with Gasteiger partial charge in [-0.1, -0.05) is 66.7 Å². The first-order valence-electron chi connectivity index (χ1n) is 9.99. The van der Waals surface area contributed by atoms with Crippen LogP contribution in [0.2, 0.25) is 0 Å². The number of fused-ring (bicyclic) bond motifs is 3. The molecule has 0 spiro atoms. The highest BCUT2D eigenvalue weighted by atomic mass is 16.3. The number of hydrogen-bond donors (Lipinski definition) is 2. The molecule has 142 valence electrons. The van der Waals surface area contributed by atoms with Crippen LogP contribution in [0.15, 0.2) is 91.0 Å². The van der Waals surface area contributed by atoms with Crippen molar-refractivity contribution in [1.82, 2.24) is 0 Å². The fourth-order valence-electron chi connectivity index (χ4n) is 4.47. The molecule has 1 atom stereocenters. The van der Waals surface area contributed by atoms with E-state index in [1.54, 1.807) is 12.1 Å². The van der Waals surface area contributed by atoms with Crippen LogP contribution >= 0.6 is 0 Å². The number of hydrogen-bond acceptors (Lipinski definition) is 2. The van der Waals surface area contributed by atoms with E-state index in [2.05, 4.69) is 48.5 Å². The summed E-state index contributed by atoms with van der Waals surface area (Å²) < 4.78 is 0. The van der Waals surface area contributed by atoms with Crippen molar-refractivity contribution in [3.05, 3.63) is 108 Å². The van der Waals surface area contributed by atoms with Gasteiger partial charge in [-0.2, -0.15) is 0 Å². The molecule has 1 aliphatic rings. The Morgan fingerprint density at radius 1 is 0.621 bits per heavy atom. The Balaban J connectivity index is 1.59. The Bertz CT molecular complexity index is 1160. The Morgan fingerprint density at radius 2 is 1.28 bits per heavy atom. The fourth-order valence-corrected chi connectivity index (χ4v) is 4.47. The smallest absolute Gasteiger partial charge is 0.115 e. The van der Waals surface area contributed by atoms with Gasteiger partial charge in [-0.25, -0.2) is 0 Å². The molecule has 4 aromatic rings. The van der Waals surface area contributed by atoms with Crippen LogP contribution in [0.1, 0.15) is 29.0 Å². The Kier molecular flexibility index (Phi) is 4.33. The van der Waals surface area contributed by atoms with Crippen LogP contribution in [0, 0.1) is 0 Å². The third kappa shape index (κ3) is 3.27. The van der Waals surface area contributed by atoms with Crippen LogP contribution < -0.4 is 0 Å². The van der Waals surface area contributed by atoms with E-state index in [-0.39, 0.29) is 11.7 Å². The average Bonchev–Trinajstić information content (AvgIpc) is 2.90. The predicted molar refractivity (Wildman–Crippen MR) is 117 cm³/mol. The summed E-state index contributed by atoms with van der Waals surface area (Å²) >= 11 is 0. The standard InChI is InChI=1S/C27H22O2/c28-22-11-14-25-21(16-22)10-13-24(27-17-23(29)12-15-26(25)27)20-8-6-19(7-9-20)18-4-2-1-3-5-18/h1-9,11-12,14-17,24,28-29H,10,13H2. The van der Waals surface area contributed by atoms with Gasteiger partial charge in [0.2, 0.25) is 0 Å². The van der Waals surface area contributed by atoms with Crippen LogP contribution in [0.25, 0.3) is 22.3 Å². The van der Waals surface area contributed by atoms with E-state index in [1.807, 2.05) is 30.3 Å². The van der Waals surface area contributed by atoms with Crippen molar-refractivity contribution in [2.24, 2.45) is 0 Å². The fraction of sp³-hybridized carbons (Fsp3) is 0.111. The second-order valence-electron chi connectivity index (χ2n) is 7.69. The Morgan fingerprint density at radius 3 is 2.03 bits per heavy atom. The molecule has 0 heterocycles. The quantitative estimate of drug-likeness (QED) is 0.417. The zero-order valence-electron chi connectivity index (χ0n) is 16.0. The molecule has 0 amide bonds. The topological polar surface area (TPSA) is 40.5 Å². The van der Waals surface area contributed by atoms with E-state index in [0.717, 1.165) is 35.1 Å². The first-order valence-corrected chi connectivity index (χ1v) is 9.99. The maximum Gasteiger partial charge on any atom is 0.115 e. The van der Waals surface area contributed by atoms with Gasteiger partial charge in [0.25, 0.3) is 0 Å². The molecular weight excluding hydrogens is 356 g/mol. The number of aryl methyl sites for hydroxylation is 1. The second-order valence-corrected chi connectivity index (χ2v) is 7.69. The van der Waals surface area contributed by atoms with E-state index in [1.165, 1.54) is 16.7 Å². The van der Waals surface area contributed by atoms with Crippen molar-refractivity contribution < 1.29 is 10.2 Å². The highest BCUT2D eigenvalue weighted by Gasteiger charge is 2.24. The van der Waals surface area contributed by atoms with Gasteiger partial charge in [-0.05, 0) is 76.1 Å². The molecule has 0 aliphatic heterocycles. The zero-order chi connectivity index (χ0) is 19.8. The van der Waals surface area contributed by atoms with Crippen LogP contribution in [-0.4, -0.2) is 10.2 Å². The molecule has 29 heavy (non-hydrogen) atoms. The van der Waals surface area contributed by atoms with Crippen molar-refractivity contribution in [1.29, 1.82) is 0 Å². The minimum absolute atomic E-state index is 0.191. The SMILES string of the molecule is Oc1ccc2c(c1)CCC(c1ccc(-c3ccccc3)cc1)c1cc(O)ccc1-2. The largest absolute Gasteiger partial charge is 0.508 e. The summed E-state index contributed by atoms with van der Waals surface area (Å²) in [7, 11) is 0. The maximum atomic E-state index is 10.2. The first kappa shape index (κ1) is 17.6. The van der Waals surface area contributed by atoms with E-state index in [4.69, 9.17) is 0 Å². The summed E-state index contributed by atoms with van der Waals surface area (Å²) in [6.07, 6.45) is 1.81. The second kappa shape index (κ2) is 7.14. The van der Waals surface area contributed by atoms with Gasteiger partial charge in [0, 0.05) is 5.92 Å². The summed E-state index contributed by atoms with van der Waals surface area (Å²) in [5.41, 5.74) is 8.22. The molecule has 1 unspecified atom stereocenters. The molecule has 0 saturated carbocycles. The number of rotatable bonds is 2. The summed E-state index contributed by atoms with van der Waals surface area (Å²) in [5, 5.41) is 20.1. The molecule has 2 nitrogen and oxygen atoms in total. The molecule has 4 aromatic carbocycles. The number of phenols is 2. The summed E-state index contributed by atoms with van der Waals surface area (Å²) in [5.74, 6) is 0.781. The van der Waals surface area contributed by atoms with Crippen LogP contribution in [-0.2, 0) is 6.42 Å². The molecule has 0 radical (unpaired) electrons. The maximum absolute atomic E-state index is 10.2. The monoisotopic (exact) mass is 378 g/mol. The van der Waals surface area contributed by atoms with Gasteiger partial charge in [0.1, 0.15) is 11.5 Å². The molecule has 2 heteroatoms. The highest BCUT2D eigenvalue weighted by molar-refractivity contribution is 5.75. The summed E-state index contributed by atoms with van der Waals surface area (Å²) in [6, 6.07) is 30.4. The lowest BCUT2D eigenvalue weighted by Gasteiger charge is -2.19. The third-order valence-electron chi connectivity index (χ3n) is 5.91. The molecule has 1 aliphatic carbocycles. The number of phenolic OH excluding ortho intramolecular Hbond substituents is 2. The summed E-state index contributed by atoms with van der Waals surface area (Å²) in [6.45, 7) is 0. The number of aromatic hydroxyl groups is 2. The van der Waals surface area contributed by atoms with Gasteiger partial charge >= 0.3 is 0 Å². The lowest BCUT2D eigenvalue weighted by Crippen LogP contribution is -2.02. The van der Waals surface area contributed by atoms with Crippen LogP contribution in [0.4, 0.5) is 0 Å². The first-order chi connectivity index (χ1) is 14.2. The van der Waals surface area contributed by atoms with Crippen LogP contribution in [0.5, 0.6) is 11.5 Å². The van der Waals surface area contributed by atoms with Gasteiger partial charge in [-0.15, -0.1) is 0 Å². The zero-order valence-corrected chi connectivity index (χ0v) is 16.0. The lowest BCUT2D eigenvalue weighted by atomic mass is 9.85. The van der Waals surface area contributed by atoms with Crippen LogP contribution in [0.3, 0.4) is 0 Å². The molecule has 0 saturated heterocycles. The molecule has 0 fully saturated rings. The molecule has 0 aromatic heterocycles. The highest BCUT2D eigenvalue weighted by Crippen LogP contribution is 2.43. The molecular formula is C27H22O2. The lowest BCUT2D eigenvalue weighted by molar-refractivity contribution is 0.474. The summed E-state index contributed by atoms with van der Waals surface area (Å²) in [4.78, 5) is 0. The van der Waals surface area contributed by atoms with Crippen molar-refractivity contribution in [2.75, 3.05) is 0 Å². The van der Waals surface area contributed by atoms with Crippen molar-refractivity contribution >= 4 is 0 Å². The van der Waals surface area contributed by atoms with E-state index in [0.29, 0.717) is 5.75 Å². The molecule has 2 N–H and O–H groups in total. The normalized spacial score (nSPS) is 15.2. The van der Waals surface area contributed by atoms with Crippen molar-refractivity contribution in [2.45, 2.75) is 18.8 Å². The van der Waals surface area contributed by atoms with Gasteiger partial charge < -0.3 is 10.2 Å². The average molecular weight is 378 g/mol. The minimum atomic E-state index is 0.191. The predicted octanol–water partition coefficient (Wildman–Crippen LogP) is 6.51. The van der Waals surface area contributed by atoms with Crippen molar-refractivity contribution in [3.8, 4) is 33.8 Å². The van der Waals surface area contributed by atoms with Gasteiger partial charge in [0.05, 0.1) is 0 Å². The Hall–Kier alpha value is -3.52. The Labute approximate surface area is 170 Å². The third-order valence-corrected chi connectivity index (χ3v) is 5.91. The minimum Gasteiger partial charge on any atom is -0.508 e. The molecule has 5 rings (SSSR count). The van der Waals surface area contributed by atoms with E-state index < -0.39 is 0 Å². The van der Waals surface area contributed by atoms with Gasteiger partial charge in [-0.3, -0.25) is 0 Å². The number of benzene rings is 4. The van der Waals surface area contributed by atoms with Crippen molar-refractivity contribution in [3.63, 3.8) is 0 Å². The molecule has 0 bridgehead atoms. The van der Waals surface area contributed by atoms with E-state index >= 15 is 0 Å². The van der Waals surface area contributed by atoms with E-state index in [9.17, 15) is 10.2 Å². The van der Waals surface area contributed by atoms with Gasteiger partial charge in [0.15, 0.2) is 0 Å².